The van der Waals surface area contributed by atoms with Crippen LogP contribution < -0.4 is 5.32 Å². The Labute approximate surface area is 102 Å². The van der Waals surface area contributed by atoms with Crippen LogP contribution in [0.3, 0.4) is 0 Å². The molecule has 1 rings (SSSR count). The Morgan fingerprint density at radius 1 is 1.24 bits per heavy atom. The normalized spacial score (nSPS) is 9.94. The van der Waals surface area contributed by atoms with Crippen molar-refractivity contribution in [1.29, 1.82) is 0 Å². The molecule has 0 aliphatic carbocycles. The molecule has 0 saturated carbocycles. The summed E-state index contributed by atoms with van der Waals surface area (Å²) in [4.78, 5) is 11.3. The fourth-order valence-corrected chi connectivity index (χ4v) is 1.34. The van der Waals surface area contributed by atoms with E-state index in [1.54, 1.807) is 7.11 Å². The Hall–Kier alpha value is -1.55. The van der Waals surface area contributed by atoms with E-state index >= 15 is 0 Å². The summed E-state index contributed by atoms with van der Waals surface area (Å²) in [5.74, 6) is 0. The van der Waals surface area contributed by atoms with Crippen LogP contribution in [0, 0.1) is 0 Å². The Morgan fingerprint density at radius 3 is 2.71 bits per heavy atom. The lowest BCUT2D eigenvalue weighted by Crippen LogP contribution is -2.25. The maximum Gasteiger partial charge on any atom is 0.407 e. The molecule has 0 aromatic heterocycles. The average Bonchev–Trinajstić information content (AvgIpc) is 2.37. The van der Waals surface area contributed by atoms with Gasteiger partial charge >= 0.3 is 6.09 Å². The Morgan fingerprint density at radius 2 is 2.00 bits per heavy atom. The first kappa shape index (κ1) is 13.5. The molecule has 0 atom stereocenters. The quantitative estimate of drug-likeness (QED) is 0.740. The van der Waals surface area contributed by atoms with Crippen LogP contribution in [0.15, 0.2) is 30.3 Å². The number of unbranched alkanes of at least 4 members (excludes halogenated alkanes) is 1. The molecule has 4 heteroatoms. The number of hydrogen-bond acceptors (Lipinski definition) is 3. The molecule has 1 aromatic carbocycles. The van der Waals surface area contributed by atoms with E-state index in [2.05, 4.69) is 5.32 Å². The van der Waals surface area contributed by atoms with E-state index in [1.807, 2.05) is 30.3 Å². The van der Waals surface area contributed by atoms with Crippen LogP contribution in [0.4, 0.5) is 4.79 Å². The van der Waals surface area contributed by atoms with Gasteiger partial charge in [0.05, 0.1) is 0 Å². The molecule has 0 saturated heterocycles. The van der Waals surface area contributed by atoms with Crippen LogP contribution >= 0.6 is 0 Å². The highest BCUT2D eigenvalue weighted by Crippen LogP contribution is 2.00. The number of methoxy groups -OCH3 is 1. The van der Waals surface area contributed by atoms with Gasteiger partial charge in [-0.15, -0.1) is 0 Å². The zero-order chi connectivity index (χ0) is 12.3. The van der Waals surface area contributed by atoms with Crippen LogP contribution in [0.1, 0.15) is 18.4 Å². The highest BCUT2D eigenvalue weighted by Gasteiger charge is 2.01. The van der Waals surface area contributed by atoms with Gasteiger partial charge in [-0.05, 0) is 18.4 Å². The Bertz CT molecular complexity index is 314. The molecule has 1 aromatic rings. The van der Waals surface area contributed by atoms with Gasteiger partial charge in [0.2, 0.25) is 0 Å². The number of rotatable bonds is 7. The summed E-state index contributed by atoms with van der Waals surface area (Å²) >= 11 is 0. The van der Waals surface area contributed by atoms with Crippen molar-refractivity contribution in [2.75, 3.05) is 20.3 Å². The first-order valence-electron chi connectivity index (χ1n) is 5.76. The number of amides is 1. The number of carbonyl (C=O) groups is 1. The topological polar surface area (TPSA) is 47.6 Å². The van der Waals surface area contributed by atoms with Gasteiger partial charge in [0.1, 0.15) is 6.61 Å². The minimum Gasteiger partial charge on any atom is -0.445 e. The number of alkyl carbamates (subject to hydrolysis) is 1. The van der Waals surface area contributed by atoms with Crippen molar-refractivity contribution in [1.82, 2.24) is 5.32 Å². The smallest absolute Gasteiger partial charge is 0.407 e. The van der Waals surface area contributed by atoms with Gasteiger partial charge in [0, 0.05) is 20.3 Å². The molecule has 0 aliphatic heterocycles. The minimum absolute atomic E-state index is 0.310. The third-order valence-electron chi connectivity index (χ3n) is 2.26. The predicted octanol–water partition coefficient (Wildman–Crippen LogP) is 2.34. The highest BCUT2D eigenvalue weighted by atomic mass is 16.5. The van der Waals surface area contributed by atoms with Gasteiger partial charge in [0.25, 0.3) is 0 Å². The average molecular weight is 237 g/mol. The first-order valence-corrected chi connectivity index (χ1v) is 5.76. The summed E-state index contributed by atoms with van der Waals surface area (Å²) in [6, 6.07) is 9.61. The largest absolute Gasteiger partial charge is 0.445 e. The molecule has 1 N–H and O–H groups in total. The maximum atomic E-state index is 11.3. The molecule has 17 heavy (non-hydrogen) atoms. The van der Waals surface area contributed by atoms with Crippen molar-refractivity contribution in [2.45, 2.75) is 19.4 Å². The predicted molar refractivity (Wildman–Crippen MR) is 65.7 cm³/mol. The highest BCUT2D eigenvalue weighted by molar-refractivity contribution is 5.67. The number of hydrogen-bond donors (Lipinski definition) is 1. The van der Waals surface area contributed by atoms with Gasteiger partial charge in [-0.3, -0.25) is 0 Å². The van der Waals surface area contributed by atoms with Crippen molar-refractivity contribution in [3.05, 3.63) is 35.9 Å². The van der Waals surface area contributed by atoms with Crippen LogP contribution in [0.5, 0.6) is 0 Å². The van der Waals surface area contributed by atoms with E-state index < -0.39 is 0 Å². The van der Waals surface area contributed by atoms with E-state index in [9.17, 15) is 4.79 Å². The monoisotopic (exact) mass is 237 g/mol. The maximum absolute atomic E-state index is 11.3. The van der Waals surface area contributed by atoms with Gasteiger partial charge < -0.3 is 14.8 Å². The lowest BCUT2D eigenvalue weighted by molar-refractivity contribution is 0.138. The van der Waals surface area contributed by atoms with Crippen molar-refractivity contribution < 1.29 is 14.3 Å². The van der Waals surface area contributed by atoms with Gasteiger partial charge in [-0.2, -0.15) is 0 Å². The zero-order valence-corrected chi connectivity index (χ0v) is 10.1. The van der Waals surface area contributed by atoms with Crippen LogP contribution in [0.2, 0.25) is 0 Å². The van der Waals surface area contributed by atoms with E-state index in [0.717, 1.165) is 25.0 Å². The van der Waals surface area contributed by atoms with Crippen LogP contribution in [0.25, 0.3) is 0 Å². The molecule has 0 unspecified atom stereocenters. The summed E-state index contributed by atoms with van der Waals surface area (Å²) in [5, 5.41) is 2.70. The minimum atomic E-state index is -0.369. The van der Waals surface area contributed by atoms with Gasteiger partial charge in [0.15, 0.2) is 0 Å². The molecule has 0 bridgehead atoms. The first-order chi connectivity index (χ1) is 8.33. The Balaban J connectivity index is 2.05. The molecular formula is C13H19NO3. The van der Waals surface area contributed by atoms with Crippen LogP contribution in [-0.4, -0.2) is 26.4 Å². The molecule has 94 valence electrons. The number of carbonyl (C=O) groups excluding carboxylic acids is 1. The van der Waals surface area contributed by atoms with Crippen LogP contribution in [-0.2, 0) is 16.1 Å². The fraction of sp³-hybridized carbons (Fsp3) is 0.462. The summed E-state index contributed by atoms with van der Waals surface area (Å²) in [7, 11) is 1.67. The number of nitrogens with one attached hydrogen (secondary N) is 1. The molecule has 1 amide bonds. The lowest BCUT2D eigenvalue weighted by Gasteiger charge is -2.06. The molecule has 4 nitrogen and oxygen atoms in total. The molecule has 0 aliphatic rings. The summed E-state index contributed by atoms with van der Waals surface area (Å²) in [6.07, 6.45) is 1.47. The molecule has 0 spiro atoms. The molecule has 0 radical (unpaired) electrons. The van der Waals surface area contributed by atoms with Gasteiger partial charge in [-0.1, -0.05) is 30.3 Å². The standard InChI is InChI=1S/C13H19NO3/c1-16-10-6-5-9-14-13(15)17-11-12-7-3-2-4-8-12/h2-4,7-8H,5-6,9-11H2,1H3,(H,14,15). The number of ether oxygens (including phenoxy) is 2. The zero-order valence-electron chi connectivity index (χ0n) is 10.1. The van der Waals surface area contributed by atoms with E-state index in [0.29, 0.717) is 13.2 Å². The molecular weight excluding hydrogens is 218 g/mol. The van der Waals surface area contributed by atoms with Crippen molar-refractivity contribution in [3.8, 4) is 0 Å². The van der Waals surface area contributed by atoms with Gasteiger partial charge in [-0.25, -0.2) is 4.79 Å². The van der Waals surface area contributed by atoms with E-state index in [4.69, 9.17) is 9.47 Å². The van der Waals surface area contributed by atoms with Crippen molar-refractivity contribution >= 4 is 6.09 Å². The third kappa shape index (κ3) is 6.58. The van der Waals surface area contributed by atoms with E-state index in [1.165, 1.54) is 0 Å². The van der Waals surface area contributed by atoms with E-state index in [-0.39, 0.29) is 6.09 Å². The van der Waals surface area contributed by atoms with Crippen molar-refractivity contribution in [3.63, 3.8) is 0 Å². The summed E-state index contributed by atoms with van der Waals surface area (Å²) in [6.45, 7) is 1.66. The SMILES string of the molecule is COCCCCNC(=O)OCc1ccccc1. The Kier molecular flexibility index (Phi) is 6.82. The van der Waals surface area contributed by atoms with Crippen molar-refractivity contribution in [2.24, 2.45) is 0 Å². The summed E-state index contributed by atoms with van der Waals surface area (Å²) in [5.41, 5.74) is 0.988. The fourth-order valence-electron chi connectivity index (χ4n) is 1.34. The second-order valence-electron chi connectivity index (χ2n) is 3.69. The second-order valence-corrected chi connectivity index (χ2v) is 3.69. The summed E-state index contributed by atoms with van der Waals surface area (Å²) < 4.78 is 9.96. The lowest BCUT2D eigenvalue weighted by atomic mass is 10.2. The third-order valence-corrected chi connectivity index (χ3v) is 2.26. The molecule has 0 heterocycles. The molecule has 0 fully saturated rings. The number of benzene rings is 1. The second kappa shape index (κ2) is 8.58.